The lowest BCUT2D eigenvalue weighted by Crippen LogP contribution is -2.27. The van der Waals surface area contributed by atoms with Crippen LogP contribution in [-0.4, -0.2) is 22.6 Å². The van der Waals surface area contributed by atoms with Gasteiger partial charge in [0.05, 0.1) is 11.6 Å². The van der Waals surface area contributed by atoms with E-state index in [4.69, 9.17) is 5.11 Å². The highest BCUT2D eigenvalue weighted by Gasteiger charge is 2.16. The number of halogens is 1. The Labute approximate surface area is 125 Å². The highest BCUT2D eigenvalue weighted by Crippen LogP contribution is 2.17. The molecule has 2 aromatic rings. The zero-order chi connectivity index (χ0) is 15.2. The number of amides is 1. The number of aliphatic hydroxyl groups is 1. The molecular formula is C15H13FN2O2S. The zero-order valence-corrected chi connectivity index (χ0v) is 12.1. The van der Waals surface area contributed by atoms with Crippen LogP contribution in [0.4, 0.5) is 4.39 Å². The number of aliphatic hydroxyl groups excluding tert-OH is 1. The Bertz CT molecular complexity index is 689. The van der Waals surface area contributed by atoms with Crippen molar-refractivity contribution in [3.63, 3.8) is 0 Å². The van der Waals surface area contributed by atoms with Crippen LogP contribution in [0.5, 0.6) is 0 Å². The predicted octanol–water partition coefficient (Wildman–Crippen LogP) is 2.12. The van der Waals surface area contributed by atoms with E-state index in [0.29, 0.717) is 5.56 Å². The van der Waals surface area contributed by atoms with Crippen molar-refractivity contribution in [3.8, 4) is 11.8 Å². The van der Waals surface area contributed by atoms with Gasteiger partial charge >= 0.3 is 0 Å². The lowest BCUT2D eigenvalue weighted by molar-refractivity contribution is 0.0935. The molecule has 6 heteroatoms. The standard InChI is InChI=1S/C15H13FN2O2S/c1-10(15-17-6-8-21-15)18-14(20)12-9-11(3-2-7-19)4-5-13(12)16/h4-6,8-10,19H,7H2,1H3,(H,18,20). The minimum atomic E-state index is -0.617. The van der Waals surface area contributed by atoms with Crippen LogP contribution in [0.3, 0.4) is 0 Å². The molecule has 1 aromatic carbocycles. The molecule has 4 nitrogen and oxygen atoms in total. The average Bonchev–Trinajstić information content (AvgIpc) is 3.00. The van der Waals surface area contributed by atoms with Crippen molar-refractivity contribution >= 4 is 17.2 Å². The van der Waals surface area contributed by atoms with E-state index in [0.717, 1.165) is 5.01 Å². The van der Waals surface area contributed by atoms with Crippen molar-refractivity contribution in [2.24, 2.45) is 0 Å². The normalized spacial score (nSPS) is 11.4. The minimum Gasteiger partial charge on any atom is -0.384 e. The van der Waals surface area contributed by atoms with Crippen LogP contribution in [0, 0.1) is 17.7 Å². The third-order valence-electron chi connectivity index (χ3n) is 2.69. The molecule has 1 heterocycles. The van der Waals surface area contributed by atoms with Gasteiger partial charge in [0.15, 0.2) is 0 Å². The van der Waals surface area contributed by atoms with Crippen LogP contribution in [-0.2, 0) is 0 Å². The largest absolute Gasteiger partial charge is 0.384 e. The van der Waals surface area contributed by atoms with Crippen molar-refractivity contribution in [1.82, 2.24) is 10.3 Å². The number of hydrogen-bond donors (Lipinski definition) is 2. The van der Waals surface area contributed by atoms with Gasteiger partial charge in [-0.15, -0.1) is 11.3 Å². The maximum Gasteiger partial charge on any atom is 0.254 e. The first-order valence-corrected chi connectivity index (χ1v) is 7.09. The number of carbonyl (C=O) groups excluding carboxylic acids is 1. The van der Waals surface area contributed by atoms with Gasteiger partial charge in [0, 0.05) is 17.1 Å². The maximum absolute atomic E-state index is 13.8. The third-order valence-corrected chi connectivity index (χ3v) is 3.65. The fourth-order valence-corrected chi connectivity index (χ4v) is 2.35. The molecule has 1 atom stereocenters. The molecule has 1 aromatic heterocycles. The van der Waals surface area contributed by atoms with E-state index >= 15 is 0 Å². The summed E-state index contributed by atoms with van der Waals surface area (Å²) in [6.07, 6.45) is 1.65. The van der Waals surface area contributed by atoms with E-state index in [9.17, 15) is 9.18 Å². The number of nitrogens with one attached hydrogen (secondary N) is 1. The number of aromatic nitrogens is 1. The summed E-state index contributed by atoms with van der Waals surface area (Å²) in [5, 5.41) is 13.9. The minimum absolute atomic E-state index is 0.0804. The molecule has 0 aliphatic carbocycles. The van der Waals surface area contributed by atoms with Crippen LogP contribution in [0.25, 0.3) is 0 Å². The highest BCUT2D eigenvalue weighted by atomic mass is 32.1. The molecule has 1 amide bonds. The molecule has 0 saturated carbocycles. The Balaban J connectivity index is 2.18. The predicted molar refractivity (Wildman–Crippen MR) is 78.4 cm³/mol. The molecule has 21 heavy (non-hydrogen) atoms. The lowest BCUT2D eigenvalue weighted by Gasteiger charge is -2.11. The van der Waals surface area contributed by atoms with E-state index < -0.39 is 11.7 Å². The summed E-state index contributed by atoms with van der Waals surface area (Å²) in [7, 11) is 0. The smallest absolute Gasteiger partial charge is 0.254 e. The second-order valence-corrected chi connectivity index (χ2v) is 5.15. The Morgan fingerprint density at radius 2 is 2.38 bits per heavy atom. The van der Waals surface area contributed by atoms with Gasteiger partial charge in [0.2, 0.25) is 0 Å². The van der Waals surface area contributed by atoms with E-state index in [-0.39, 0.29) is 18.2 Å². The van der Waals surface area contributed by atoms with Crippen molar-refractivity contribution in [2.45, 2.75) is 13.0 Å². The fraction of sp³-hybridized carbons (Fsp3) is 0.200. The van der Waals surface area contributed by atoms with Gasteiger partial charge in [0.25, 0.3) is 5.91 Å². The summed E-state index contributed by atoms with van der Waals surface area (Å²) in [4.78, 5) is 16.2. The Morgan fingerprint density at radius 1 is 1.57 bits per heavy atom. The molecule has 0 spiro atoms. The van der Waals surface area contributed by atoms with Gasteiger partial charge in [-0.05, 0) is 25.1 Å². The van der Waals surface area contributed by atoms with Crippen molar-refractivity contribution < 1.29 is 14.3 Å². The quantitative estimate of drug-likeness (QED) is 0.854. The lowest BCUT2D eigenvalue weighted by atomic mass is 10.1. The van der Waals surface area contributed by atoms with Gasteiger partial charge in [-0.3, -0.25) is 4.79 Å². The summed E-state index contributed by atoms with van der Waals surface area (Å²) in [6, 6.07) is 3.70. The fourth-order valence-electron chi connectivity index (χ4n) is 1.70. The van der Waals surface area contributed by atoms with Crippen LogP contribution >= 0.6 is 11.3 Å². The number of rotatable bonds is 3. The third kappa shape index (κ3) is 3.88. The second kappa shape index (κ2) is 6.97. The average molecular weight is 304 g/mol. The zero-order valence-electron chi connectivity index (χ0n) is 11.3. The Kier molecular flexibility index (Phi) is 5.04. The van der Waals surface area contributed by atoms with Gasteiger partial charge in [-0.1, -0.05) is 11.8 Å². The molecule has 0 fully saturated rings. The van der Waals surface area contributed by atoms with Crippen LogP contribution in [0.2, 0.25) is 0 Å². The summed E-state index contributed by atoms with van der Waals surface area (Å²) in [6.45, 7) is 1.49. The molecule has 0 aliphatic rings. The summed E-state index contributed by atoms with van der Waals surface area (Å²) in [5.74, 6) is 3.95. The Morgan fingerprint density at radius 3 is 3.05 bits per heavy atom. The van der Waals surface area contributed by atoms with Crippen molar-refractivity contribution in [2.75, 3.05) is 6.61 Å². The monoisotopic (exact) mass is 304 g/mol. The molecule has 108 valence electrons. The maximum atomic E-state index is 13.8. The molecule has 0 saturated heterocycles. The second-order valence-electron chi connectivity index (χ2n) is 4.22. The first kappa shape index (κ1) is 15.2. The number of nitrogens with zero attached hydrogens (tertiary/aromatic N) is 1. The number of hydrogen-bond acceptors (Lipinski definition) is 4. The Hall–Kier alpha value is -2.23. The van der Waals surface area contributed by atoms with Crippen LogP contribution in [0.15, 0.2) is 29.8 Å². The van der Waals surface area contributed by atoms with Crippen molar-refractivity contribution in [3.05, 3.63) is 51.7 Å². The molecule has 0 radical (unpaired) electrons. The number of benzene rings is 1. The van der Waals surface area contributed by atoms with Gasteiger partial charge in [0.1, 0.15) is 17.4 Å². The summed E-state index contributed by atoms with van der Waals surface area (Å²) in [5.41, 5.74) is 0.389. The molecule has 2 N–H and O–H groups in total. The molecule has 2 rings (SSSR count). The molecular weight excluding hydrogens is 291 g/mol. The van der Waals surface area contributed by atoms with Crippen LogP contribution in [0.1, 0.15) is 33.9 Å². The van der Waals surface area contributed by atoms with Crippen LogP contribution < -0.4 is 5.32 Å². The van der Waals surface area contributed by atoms with E-state index in [1.807, 2.05) is 5.38 Å². The number of thiazole rings is 1. The van der Waals surface area contributed by atoms with Gasteiger partial charge in [-0.2, -0.15) is 0 Å². The SMILES string of the molecule is CC(NC(=O)c1cc(C#CCO)ccc1F)c1nccs1. The van der Waals surface area contributed by atoms with Gasteiger partial charge in [-0.25, -0.2) is 9.37 Å². The topological polar surface area (TPSA) is 62.2 Å². The number of carbonyl (C=O) groups is 1. The molecule has 0 aliphatic heterocycles. The van der Waals surface area contributed by atoms with E-state index in [1.165, 1.54) is 29.5 Å². The molecule has 1 unspecified atom stereocenters. The van der Waals surface area contributed by atoms with E-state index in [1.54, 1.807) is 13.1 Å². The summed E-state index contributed by atoms with van der Waals surface area (Å²) < 4.78 is 13.8. The molecule has 0 bridgehead atoms. The highest BCUT2D eigenvalue weighted by molar-refractivity contribution is 7.09. The first-order valence-electron chi connectivity index (χ1n) is 6.21. The summed E-state index contributed by atoms with van der Waals surface area (Å²) >= 11 is 1.42. The van der Waals surface area contributed by atoms with Gasteiger partial charge < -0.3 is 10.4 Å². The van der Waals surface area contributed by atoms with E-state index in [2.05, 4.69) is 22.1 Å². The first-order chi connectivity index (χ1) is 10.1. The van der Waals surface area contributed by atoms with Crippen molar-refractivity contribution in [1.29, 1.82) is 0 Å².